The van der Waals surface area contributed by atoms with E-state index in [1.165, 1.54) is 0 Å². The fourth-order valence-electron chi connectivity index (χ4n) is 3.97. The summed E-state index contributed by atoms with van der Waals surface area (Å²) in [6.07, 6.45) is 0. The van der Waals surface area contributed by atoms with Gasteiger partial charge in [0, 0.05) is 16.5 Å². The fourth-order valence-corrected chi connectivity index (χ4v) is 3.97. The summed E-state index contributed by atoms with van der Waals surface area (Å²) >= 11 is 0. The van der Waals surface area contributed by atoms with E-state index in [1.807, 2.05) is 78.8 Å². The van der Waals surface area contributed by atoms with E-state index in [4.69, 9.17) is 4.74 Å². The Morgan fingerprint density at radius 1 is 0.543 bits per heavy atom. The summed E-state index contributed by atoms with van der Waals surface area (Å²) in [6.45, 7) is 13.0. The lowest BCUT2D eigenvalue weighted by Gasteiger charge is -2.30. The van der Waals surface area contributed by atoms with Crippen molar-refractivity contribution in [3.05, 3.63) is 107 Å². The average molecular weight is 471 g/mol. The van der Waals surface area contributed by atoms with Crippen molar-refractivity contribution >= 4 is 17.5 Å². The number of ketones is 2. The summed E-state index contributed by atoms with van der Waals surface area (Å²) in [5, 5.41) is 0. The molecular formula is C31H34O4. The minimum atomic E-state index is -1.03. The summed E-state index contributed by atoms with van der Waals surface area (Å²) < 4.78 is 5.48. The van der Waals surface area contributed by atoms with Crippen molar-refractivity contribution in [2.45, 2.75) is 59.5 Å². The fraction of sp³-hybridized carbons (Fsp3) is 0.323. The van der Waals surface area contributed by atoms with Crippen molar-refractivity contribution in [2.75, 3.05) is 0 Å². The van der Waals surface area contributed by atoms with Gasteiger partial charge < -0.3 is 4.74 Å². The molecule has 4 heteroatoms. The standard InChI is InChI=1S/C31H34O4/c1-29(2,3)26(32)22-13-17-24(18-14-22)31(7,27(33)21-11-9-8-10-12-21)25-19-15-23(16-20-25)28(34)35-30(4,5)6/h8-20H,1-7H3. The van der Waals surface area contributed by atoms with Crippen molar-refractivity contribution in [3.63, 3.8) is 0 Å². The van der Waals surface area contributed by atoms with Gasteiger partial charge in [-0.25, -0.2) is 4.79 Å². The highest BCUT2D eigenvalue weighted by Crippen LogP contribution is 2.36. The number of Topliss-reactive ketones (excluding diaryl/α,β-unsaturated/α-hetero) is 2. The number of carbonyl (C=O) groups excluding carboxylic acids is 3. The van der Waals surface area contributed by atoms with Crippen LogP contribution < -0.4 is 0 Å². The topological polar surface area (TPSA) is 60.4 Å². The normalized spacial score (nSPS) is 13.6. The molecular weight excluding hydrogens is 436 g/mol. The first-order valence-corrected chi connectivity index (χ1v) is 11.8. The lowest BCUT2D eigenvalue weighted by molar-refractivity contribution is 0.00693. The monoisotopic (exact) mass is 470 g/mol. The number of carbonyl (C=O) groups is 3. The Kier molecular flexibility index (Phi) is 7.16. The third kappa shape index (κ3) is 5.76. The van der Waals surface area contributed by atoms with E-state index >= 15 is 0 Å². The summed E-state index contributed by atoms with van der Waals surface area (Å²) in [7, 11) is 0. The van der Waals surface area contributed by atoms with Gasteiger partial charge in [-0.05, 0) is 51.0 Å². The largest absolute Gasteiger partial charge is 0.456 e. The predicted molar refractivity (Wildman–Crippen MR) is 139 cm³/mol. The number of hydrogen-bond donors (Lipinski definition) is 0. The van der Waals surface area contributed by atoms with Crippen molar-refractivity contribution in [3.8, 4) is 0 Å². The molecule has 0 radical (unpaired) electrons. The Labute approximate surface area is 208 Å². The molecule has 35 heavy (non-hydrogen) atoms. The molecule has 182 valence electrons. The Morgan fingerprint density at radius 3 is 1.40 bits per heavy atom. The molecule has 0 bridgehead atoms. The molecule has 3 rings (SSSR count). The molecule has 0 saturated heterocycles. The number of rotatable bonds is 6. The molecule has 3 aromatic carbocycles. The molecule has 1 unspecified atom stereocenters. The first-order chi connectivity index (χ1) is 16.2. The molecule has 0 aliphatic heterocycles. The summed E-state index contributed by atoms with van der Waals surface area (Å²) in [4.78, 5) is 39.1. The minimum absolute atomic E-state index is 0.0434. The molecule has 0 heterocycles. The molecule has 0 aromatic heterocycles. The van der Waals surface area contributed by atoms with Crippen LogP contribution in [0, 0.1) is 5.41 Å². The molecule has 0 saturated carbocycles. The van der Waals surface area contributed by atoms with Crippen LogP contribution >= 0.6 is 0 Å². The molecule has 0 fully saturated rings. The quantitative estimate of drug-likeness (QED) is 0.286. The Morgan fingerprint density at radius 2 is 0.971 bits per heavy atom. The van der Waals surface area contributed by atoms with E-state index in [9.17, 15) is 14.4 Å². The van der Waals surface area contributed by atoms with Gasteiger partial charge in [0.1, 0.15) is 5.60 Å². The van der Waals surface area contributed by atoms with Crippen LogP contribution in [0.5, 0.6) is 0 Å². The number of benzene rings is 3. The van der Waals surface area contributed by atoms with Crippen LogP contribution in [0.25, 0.3) is 0 Å². The molecule has 0 spiro atoms. The maximum Gasteiger partial charge on any atom is 0.338 e. The summed E-state index contributed by atoms with van der Waals surface area (Å²) in [5.74, 6) is -0.440. The maximum atomic E-state index is 13.9. The maximum absolute atomic E-state index is 13.9. The third-order valence-electron chi connectivity index (χ3n) is 5.99. The van der Waals surface area contributed by atoms with Gasteiger partial charge in [-0.1, -0.05) is 87.5 Å². The van der Waals surface area contributed by atoms with Crippen LogP contribution in [0.4, 0.5) is 0 Å². The Hall–Kier alpha value is -3.53. The molecule has 1 atom stereocenters. The average Bonchev–Trinajstić information content (AvgIpc) is 2.81. The molecule has 0 N–H and O–H groups in total. The van der Waals surface area contributed by atoms with Crippen LogP contribution in [0.15, 0.2) is 78.9 Å². The van der Waals surface area contributed by atoms with Crippen LogP contribution in [0.3, 0.4) is 0 Å². The molecule has 4 nitrogen and oxygen atoms in total. The number of ether oxygens (including phenoxy) is 1. The van der Waals surface area contributed by atoms with Gasteiger partial charge >= 0.3 is 5.97 Å². The van der Waals surface area contributed by atoms with Gasteiger partial charge in [-0.2, -0.15) is 0 Å². The summed E-state index contributed by atoms with van der Waals surface area (Å²) in [5.41, 5.74) is 0.996. The van der Waals surface area contributed by atoms with Crippen molar-refractivity contribution in [1.29, 1.82) is 0 Å². The zero-order valence-corrected chi connectivity index (χ0v) is 21.6. The zero-order chi connectivity index (χ0) is 26.0. The van der Waals surface area contributed by atoms with Gasteiger partial charge in [-0.3, -0.25) is 9.59 Å². The zero-order valence-electron chi connectivity index (χ0n) is 21.6. The first kappa shape index (κ1) is 26.1. The van der Waals surface area contributed by atoms with E-state index in [2.05, 4.69) is 0 Å². The molecule has 3 aromatic rings. The van der Waals surface area contributed by atoms with E-state index in [-0.39, 0.29) is 11.6 Å². The highest BCUT2D eigenvalue weighted by molar-refractivity contribution is 6.06. The Bertz CT molecular complexity index is 1210. The smallest absolute Gasteiger partial charge is 0.338 e. The summed E-state index contributed by atoms with van der Waals surface area (Å²) in [6, 6.07) is 23.4. The van der Waals surface area contributed by atoms with Crippen LogP contribution in [0.2, 0.25) is 0 Å². The lowest BCUT2D eigenvalue weighted by Crippen LogP contribution is -2.34. The predicted octanol–water partition coefficient (Wildman–Crippen LogP) is 7.06. The van der Waals surface area contributed by atoms with Gasteiger partial charge in [0.25, 0.3) is 0 Å². The third-order valence-corrected chi connectivity index (χ3v) is 5.99. The van der Waals surface area contributed by atoms with Crippen LogP contribution in [-0.2, 0) is 10.2 Å². The van der Waals surface area contributed by atoms with E-state index in [0.29, 0.717) is 16.7 Å². The highest BCUT2D eigenvalue weighted by atomic mass is 16.6. The first-order valence-electron chi connectivity index (χ1n) is 11.8. The number of hydrogen-bond acceptors (Lipinski definition) is 4. The van der Waals surface area contributed by atoms with Crippen molar-refractivity contribution < 1.29 is 19.1 Å². The van der Waals surface area contributed by atoms with Gasteiger partial charge in [0.2, 0.25) is 0 Å². The minimum Gasteiger partial charge on any atom is -0.456 e. The second-order valence-electron chi connectivity index (χ2n) is 11.1. The van der Waals surface area contributed by atoms with E-state index in [0.717, 1.165) is 11.1 Å². The second-order valence-corrected chi connectivity index (χ2v) is 11.1. The van der Waals surface area contributed by atoms with E-state index < -0.39 is 22.4 Å². The van der Waals surface area contributed by atoms with Gasteiger partial charge in [-0.15, -0.1) is 0 Å². The second kappa shape index (κ2) is 9.61. The van der Waals surface area contributed by atoms with Crippen LogP contribution in [-0.4, -0.2) is 23.1 Å². The highest BCUT2D eigenvalue weighted by Gasteiger charge is 2.38. The van der Waals surface area contributed by atoms with E-state index in [1.54, 1.807) is 48.5 Å². The molecule has 0 amide bonds. The molecule has 0 aliphatic carbocycles. The molecule has 0 aliphatic rings. The number of esters is 1. The van der Waals surface area contributed by atoms with Crippen LogP contribution in [0.1, 0.15) is 90.7 Å². The SMILES string of the molecule is CC(C)(C)OC(=O)c1ccc(C(C)(C(=O)c2ccccc2)c2ccc(C(=O)C(C)(C)C)cc2)cc1. The lowest BCUT2D eigenvalue weighted by atomic mass is 9.70. The van der Waals surface area contributed by atoms with Gasteiger partial charge in [0.05, 0.1) is 11.0 Å². The van der Waals surface area contributed by atoms with Gasteiger partial charge in [0.15, 0.2) is 11.6 Å². The van der Waals surface area contributed by atoms with Crippen molar-refractivity contribution in [2.24, 2.45) is 5.41 Å². The van der Waals surface area contributed by atoms with Crippen molar-refractivity contribution in [1.82, 2.24) is 0 Å². The Balaban J connectivity index is 2.07.